The largest absolute Gasteiger partial charge is 0.497 e. The van der Waals surface area contributed by atoms with E-state index in [1.54, 1.807) is 38.4 Å². The Morgan fingerprint density at radius 2 is 1.81 bits per heavy atom. The SMILES string of the molecule is COc1ccc(OCCCC(=O)N(C)CC(=O)Nc2cccc(Cl)c2)cc1. The maximum Gasteiger partial charge on any atom is 0.243 e. The van der Waals surface area contributed by atoms with Crippen LogP contribution in [0.1, 0.15) is 12.8 Å². The van der Waals surface area contributed by atoms with Gasteiger partial charge in [-0.15, -0.1) is 0 Å². The Bertz CT molecular complexity index is 765. The first-order valence-electron chi connectivity index (χ1n) is 8.54. The normalized spacial score (nSPS) is 10.2. The van der Waals surface area contributed by atoms with Crippen LogP contribution in [-0.4, -0.2) is 44.0 Å². The molecule has 0 fully saturated rings. The molecular formula is C20H23ClN2O4. The van der Waals surface area contributed by atoms with Gasteiger partial charge in [0.2, 0.25) is 11.8 Å². The van der Waals surface area contributed by atoms with E-state index >= 15 is 0 Å². The fraction of sp³-hybridized carbons (Fsp3) is 0.300. The van der Waals surface area contributed by atoms with Gasteiger partial charge >= 0.3 is 0 Å². The molecule has 0 heterocycles. The first-order valence-corrected chi connectivity index (χ1v) is 8.92. The highest BCUT2D eigenvalue weighted by atomic mass is 35.5. The van der Waals surface area contributed by atoms with E-state index < -0.39 is 0 Å². The van der Waals surface area contributed by atoms with E-state index in [1.807, 2.05) is 24.3 Å². The quantitative estimate of drug-likeness (QED) is 0.664. The van der Waals surface area contributed by atoms with Crippen LogP contribution >= 0.6 is 11.6 Å². The van der Waals surface area contributed by atoms with Crippen LogP contribution in [0.25, 0.3) is 0 Å². The molecule has 0 atom stereocenters. The molecule has 27 heavy (non-hydrogen) atoms. The molecule has 0 aliphatic carbocycles. The highest BCUT2D eigenvalue weighted by molar-refractivity contribution is 6.30. The van der Waals surface area contributed by atoms with E-state index in [4.69, 9.17) is 21.1 Å². The number of halogens is 1. The molecule has 2 amide bonds. The number of amides is 2. The minimum absolute atomic E-state index is 0.0231. The van der Waals surface area contributed by atoms with Gasteiger partial charge < -0.3 is 19.7 Å². The summed E-state index contributed by atoms with van der Waals surface area (Å²) in [5.74, 6) is 1.09. The van der Waals surface area contributed by atoms with E-state index in [0.717, 1.165) is 11.5 Å². The molecule has 2 aromatic rings. The Morgan fingerprint density at radius 1 is 1.11 bits per heavy atom. The Kier molecular flexibility index (Phi) is 7.95. The molecule has 0 unspecified atom stereocenters. The zero-order valence-electron chi connectivity index (χ0n) is 15.4. The molecule has 7 heteroatoms. The highest BCUT2D eigenvalue weighted by Crippen LogP contribution is 2.17. The summed E-state index contributed by atoms with van der Waals surface area (Å²) in [7, 11) is 3.21. The average Bonchev–Trinajstić information content (AvgIpc) is 2.65. The van der Waals surface area contributed by atoms with E-state index in [2.05, 4.69) is 5.32 Å². The maximum atomic E-state index is 12.1. The minimum Gasteiger partial charge on any atom is -0.497 e. The second-order valence-electron chi connectivity index (χ2n) is 5.94. The number of benzene rings is 2. The Labute approximate surface area is 164 Å². The number of nitrogens with zero attached hydrogens (tertiary/aromatic N) is 1. The summed E-state index contributed by atoms with van der Waals surface area (Å²) in [6, 6.07) is 14.1. The Morgan fingerprint density at radius 3 is 2.48 bits per heavy atom. The summed E-state index contributed by atoms with van der Waals surface area (Å²) in [4.78, 5) is 25.6. The molecule has 2 rings (SSSR count). The second-order valence-corrected chi connectivity index (χ2v) is 6.37. The first-order chi connectivity index (χ1) is 13.0. The standard InChI is InChI=1S/C20H23ClN2O4/c1-23(14-19(24)22-16-6-3-5-15(21)13-16)20(25)7-4-12-27-18-10-8-17(26-2)9-11-18/h3,5-6,8-11,13H,4,7,12,14H2,1-2H3,(H,22,24). The summed E-state index contributed by atoms with van der Waals surface area (Å²) < 4.78 is 10.7. The third-order valence-corrected chi connectivity index (χ3v) is 4.01. The van der Waals surface area contributed by atoms with Crippen molar-refractivity contribution in [1.29, 1.82) is 0 Å². The van der Waals surface area contributed by atoms with Gasteiger partial charge in [0.1, 0.15) is 11.5 Å². The number of likely N-dealkylation sites (N-methyl/N-ethyl adjacent to an activating group) is 1. The molecule has 0 radical (unpaired) electrons. The lowest BCUT2D eigenvalue weighted by atomic mass is 10.3. The Balaban J connectivity index is 1.67. The fourth-order valence-electron chi connectivity index (χ4n) is 2.35. The monoisotopic (exact) mass is 390 g/mol. The molecule has 6 nitrogen and oxygen atoms in total. The number of nitrogens with one attached hydrogen (secondary N) is 1. The number of anilines is 1. The second kappa shape index (κ2) is 10.4. The van der Waals surface area contributed by atoms with E-state index in [9.17, 15) is 9.59 Å². The molecule has 0 bridgehead atoms. The molecule has 2 aromatic carbocycles. The topological polar surface area (TPSA) is 67.9 Å². The summed E-state index contributed by atoms with van der Waals surface area (Å²) in [6.45, 7) is 0.394. The lowest BCUT2D eigenvalue weighted by molar-refractivity contribution is -0.133. The molecule has 0 saturated carbocycles. The summed E-state index contributed by atoms with van der Waals surface area (Å²) >= 11 is 5.88. The van der Waals surface area contributed by atoms with Crippen LogP contribution < -0.4 is 14.8 Å². The predicted molar refractivity (Wildman–Crippen MR) is 105 cm³/mol. The van der Waals surface area contributed by atoms with Crippen LogP contribution in [0.2, 0.25) is 5.02 Å². The minimum atomic E-state index is -0.275. The van der Waals surface area contributed by atoms with Gasteiger partial charge in [-0.1, -0.05) is 17.7 Å². The van der Waals surface area contributed by atoms with Gasteiger partial charge in [0.15, 0.2) is 0 Å². The van der Waals surface area contributed by atoms with Crippen molar-refractivity contribution in [3.05, 3.63) is 53.6 Å². The molecule has 0 aromatic heterocycles. The zero-order chi connectivity index (χ0) is 19.6. The third-order valence-electron chi connectivity index (χ3n) is 3.78. The van der Waals surface area contributed by atoms with Crippen molar-refractivity contribution in [3.8, 4) is 11.5 Å². The highest BCUT2D eigenvalue weighted by Gasteiger charge is 2.13. The fourth-order valence-corrected chi connectivity index (χ4v) is 2.54. The number of ether oxygens (including phenoxy) is 2. The van der Waals surface area contributed by atoms with Gasteiger partial charge in [0, 0.05) is 24.2 Å². The number of hydrogen-bond acceptors (Lipinski definition) is 4. The van der Waals surface area contributed by atoms with Crippen molar-refractivity contribution in [1.82, 2.24) is 4.90 Å². The van der Waals surface area contributed by atoms with Gasteiger partial charge in [0.25, 0.3) is 0 Å². The van der Waals surface area contributed by atoms with E-state index in [1.165, 1.54) is 4.90 Å². The number of methoxy groups -OCH3 is 1. The van der Waals surface area contributed by atoms with Gasteiger partial charge in [-0.3, -0.25) is 9.59 Å². The van der Waals surface area contributed by atoms with Crippen molar-refractivity contribution >= 4 is 29.1 Å². The number of carbonyl (C=O) groups excluding carboxylic acids is 2. The lowest BCUT2D eigenvalue weighted by Gasteiger charge is -2.17. The Hall–Kier alpha value is -2.73. The number of hydrogen-bond donors (Lipinski definition) is 1. The smallest absolute Gasteiger partial charge is 0.243 e. The van der Waals surface area contributed by atoms with Gasteiger partial charge in [-0.05, 0) is 48.9 Å². The molecule has 1 N–H and O–H groups in total. The summed E-state index contributed by atoms with van der Waals surface area (Å²) in [6.07, 6.45) is 0.863. The molecule has 144 valence electrons. The summed E-state index contributed by atoms with van der Waals surface area (Å²) in [5.41, 5.74) is 0.598. The number of rotatable bonds is 9. The lowest BCUT2D eigenvalue weighted by Crippen LogP contribution is -2.34. The van der Waals surface area contributed by atoms with E-state index in [-0.39, 0.29) is 18.4 Å². The van der Waals surface area contributed by atoms with Gasteiger partial charge in [0.05, 0.1) is 20.3 Å². The zero-order valence-corrected chi connectivity index (χ0v) is 16.2. The van der Waals surface area contributed by atoms with Crippen LogP contribution in [0.4, 0.5) is 5.69 Å². The van der Waals surface area contributed by atoms with Crippen LogP contribution in [-0.2, 0) is 9.59 Å². The van der Waals surface area contributed by atoms with Crippen LogP contribution in [0.3, 0.4) is 0 Å². The van der Waals surface area contributed by atoms with Crippen molar-refractivity contribution in [2.75, 3.05) is 32.6 Å². The van der Waals surface area contributed by atoms with Crippen molar-refractivity contribution < 1.29 is 19.1 Å². The van der Waals surface area contributed by atoms with Crippen LogP contribution in [0.15, 0.2) is 48.5 Å². The maximum absolute atomic E-state index is 12.1. The van der Waals surface area contributed by atoms with Crippen LogP contribution in [0, 0.1) is 0 Å². The molecule has 0 spiro atoms. The summed E-state index contributed by atoms with van der Waals surface area (Å²) in [5, 5.41) is 3.25. The van der Waals surface area contributed by atoms with Crippen molar-refractivity contribution in [2.24, 2.45) is 0 Å². The first kappa shape index (κ1) is 20.6. The van der Waals surface area contributed by atoms with E-state index in [0.29, 0.717) is 30.2 Å². The number of carbonyl (C=O) groups is 2. The average molecular weight is 391 g/mol. The third kappa shape index (κ3) is 7.19. The van der Waals surface area contributed by atoms with Crippen LogP contribution in [0.5, 0.6) is 11.5 Å². The van der Waals surface area contributed by atoms with Crippen molar-refractivity contribution in [2.45, 2.75) is 12.8 Å². The van der Waals surface area contributed by atoms with Gasteiger partial charge in [-0.25, -0.2) is 0 Å². The molecule has 0 aliphatic rings. The molecule has 0 saturated heterocycles. The predicted octanol–water partition coefficient (Wildman–Crippen LogP) is 3.60. The molecule has 0 aliphatic heterocycles. The molecular weight excluding hydrogens is 368 g/mol. The van der Waals surface area contributed by atoms with Gasteiger partial charge in [-0.2, -0.15) is 0 Å². The van der Waals surface area contributed by atoms with Crippen molar-refractivity contribution in [3.63, 3.8) is 0 Å².